The van der Waals surface area contributed by atoms with E-state index in [-0.39, 0.29) is 17.3 Å². The number of aliphatic hydroxyl groups excluding tert-OH is 1. The van der Waals surface area contributed by atoms with E-state index in [1.165, 1.54) is 4.90 Å². The Hall–Kier alpha value is -4.45. The summed E-state index contributed by atoms with van der Waals surface area (Å²) in [5.41, 5.74) is 2.44. The van der Waals surface area contributed by atoms with Crippen molar-refractivity contribution in [3.63, 3.8) is 0 Å². The lowest BCUT2D eigenvalue weighted by Gasteiger charge is -2.26. The van der Waals surface area contributed by atoms with Gasteiger partial charge >= 0.3 is 0 Å². The molecule has 3 aromatic carbocycles. The number of fused-ring (bicyclic) bond motifs is 1. The van der Waals surface area contributed by atoms with Crippen molar-refractivity contribution >= 4 is 33.9 Å². The quantitative estimate of drug-likeness (QED) is 0.192. The molecule has 0 aliphatic carbocycles. The van der Waals surface area contributed by atoms with E-state index in [0.717, 1.165) is 22.1 Å². The van der Waals surface area contributed by atoms with Gasteiger partial charge in [0.2, 0.25) is 0 Å². The summed E-state index contributed by atoms with van der Waals surface area (Å²) in [6.07, 6.45) is 1.62. The fourth-order valence-corrected chi connectivity index (χ4v) is 4.91. The van der Waals surface area contributed by atoms with Crippen LogP contribution >= 0.6 is 0 Å². The molecule has 1 aliphatic rings. The summed E-state index contributed by atoms with van der Waals surface area (Å²) < 4.78 is 5.77. The summed E-state index contributed by atoms with van der Waals surface area (Å²) in [5, 5.41) is 13.3. The summed E-state index contributed by atoms with van der Waals surface area (Å²) in [5.74, 6) is -0.836. The number of carbonyl (C=O) groups excluding carboxylic acids is 2. The van der Waals surface area contributed by atoms with Crippen molar-refractivity contribution in [2.24, 2.45) is 0 Å². The van der Waals surface area contributed by atoms with Crippen molar-refractivity contribution in [1.82, 2.24) is 4.98 Å². The maximum absolute atomic E-state index is 13.6. The molecule has 4 aromatic rings. The molecule has 1 fully saturated rings. The Morgan fingerprint density at radius 3 is 2.49 bits per heavy atom. The number of rotatable bonds is 6. The van der Waals surface area contributed by atoms with Gasteiger partial charge in [-0.25, -0.2) is 0 Å². The molecule has 1 aliphatic heterocycles. The third kappa shape index (κ3) is 4.25. The topological polar surface area (TPSA) is 79.7 Å². The van der Waals surface area contributed by atoms with Crippen molar-refractivity contribution in [3.8, 4) is 5.75 Å². The average Bonchev–Trinajstić information content (AvgIpc) is 3.18. The molecule has 1 atom stereocenters. The van der Waals surface area contributed by atoms with Crippen molar-refractivity contribution < 1.29 is 19.4 Å². The molecule has 6 heteroatoms. The zero-order chi connectivity index (χ0) is 26.1. The molecule has 1 N–H and O–H groups in total. The summed E-state index contributed by atoms with van der Waals surface area (Å²) in [6.45, 7) is 6.50. The standard InChI is InChI=1S/C31H28N2O4/c1-4-37-26-16-15-21(18-23(26)19(2)3)29(34)27-28(24-13-7-8-17-32-24)33(31(36)30(27)35)25-14-9-11-20-10-5-6-12-22(20)25/h5-19,28,34H,4H2,1-3H3/b29-27+. The SMILES string of the molecule is CCOc1ccc(/C(O)=C2\C(=O)C(=O)N(c3cccc4ccccc34)C2c2ccccn2)cc1C(C)C. The summed E-state index contributed by atoms with van der Waals surface area (Å²) in [7, 11) is 0. The molecular formula is C31H28N2O4. The number of amides is 1. The Balaban J connectivity index is 1.74. The minimum atomic E-state index is -0.888. The monoisotopic (exact) mass is 492 g/mol. The molecule has 0 saturated carbocycles. The van der Waals surface area contributed by atoms with Gasteiger partial charge < -0.3 is 9.84 Å². The molecule has 2 heterocycles. The highest BCUT2D eigenvalue weighted by Crippen LogP contribution is 2.44. The van der Waals surface area contributed by atoms with Gasteiger partial charge in [0.25, 0.3) is 11.7 Å². The highest BCUT2D eigenvalue weighted by molar-refractivity contribution is 6.52. The Kier molecular flexibility index (Phi) is 6.49. The number of aliphatic hydroxyl groups is 1. The zero-order valence-electron chi connectivity index (χ0n) is 21.0. The minimum absolute atomic E-state index is 0.00972. The molecule has 6 nitrogen and oxygen atoms in total. The van der Waals surface area contributed by atoms with Gasteiger partial charge in [-0.05, 0) is 60.2 Å². The molecule has 1 aromatic heterocycles. The second-order valence-corrected chi connectivity index (χ2v) is 9.26. The van der Waals surface area contributed by atoms with Gasteiger partial charge in [0.1, 0.15) is 17.6 Å². The van der Waals surface area contributed by atoms with E-state index in [2.05, 4.69) is 4.98 Å². The van der Waals surface area contributed by atoms with E-state index in [1.807, 2.05) is 69.3 Å². The van der Waals surface area contributed by atoms with Crippen LogP contribution in [0.3, 0.4) is 0 Å². The minimum Gasteiger partial charge on any atom is -0.507 e. The number of carbonyl (C=O) groups is 2. The van der Waals surface area contributed by atoms with Crippen LogP contribution in [0.15, 0.2) is 90.6 Å². The zero-order valence-corrected chi connectivity index (χ0v) is 21.0. The normalized spacial score (nSPS) is 17.1. The molecule has 0 spiro atoms. The van der Waals surface area contributed by atoms with E-state index < -0.39 is 17.7 Å². The highest BCUT2D eigenvalue weighted by Gasteiger charge is 2.48. The van der Waals surface area contributed by atoms with Crippen LogP contribution in [0.4, 0.5) is 5.69 Å². The molecule has 1 amide bonds. The van der Waals surface area contributed by atoms with Crippen LogP contribution in [0, 0.1) is 0 Å². The number of ketones is 1. The smallest absolute Gasteiger partial charge is 0.300 e. The third-order valence-corrected chi connectivity index (χ3v) is 6.64. The maximum Gasteiger partial charge on any atom is 0.300 e. The number of hydrogen-bond donors (Lipinski definition) is 1. The van der Waals surface area contributed by atoms with Gasteiger partial charge in [0.05, 0.1) is 23.6 Å². The fraction of sp³-hybridized carbons (Fsp3) is 0.194. The molecule has 1 saturated heterocycles. The predicted octanol–water partition coefficient (Wildman–Crippen LogP) is 6.38. The number of aromatic nitrogens is 1. The Bertz CT molecular complexity index is 1520. The van der Waals surface area contributed by atoms with Crippen molar-refractivity contribution in [1.29, 1.82) is 0 Å². The van der Waals surface area contributed by atoms with Gasteiger partial charge in [-0.3, -0.25) is 19.5 Å². The molecular weight excluding hydrogens is 464 g/mol. The Morgan fingerprint density at radius 2 is 1.76 bits per heavy atom. The molecule has 37 heavy (non-hydrogen) atoms. The predicted molar refractivity (Wildman–Crippen MR) is 145 cm³/mol. The lowest BCUT2D eigenvalue weighted by atomic mass is 9.94. The van der Waals surface area contributed by atoms with Crippen LogP contribution in [-0.4, -0.2) is 28.4 Å². The van der Waals surface area contributed by atoms with Gasteiger partial charge in [0, 0.05) is 17.1 Å². The first-order valence-electron chi connectivity index (χ1n) is 12.4. The number of benzene rings is 3. The molecule has 186 valence electrons. The van der Waals surface area contributed by atoms with Crippen LogP contribution in [0.5, 0.6) is 5.75 Å². The number of pyridine rings is 1. The lowest BCUT2D eigenvalue weighted by molar-refractivity contribution is -0.132. The van der Waals surface area contributed by atoms with Gasteiger partial charge in [-0.2, -0.15) is 0 Å². The van der Waals surface area contributed by atoms with Gasteiger partial charge in [-0.15, -0.1) is 0 Å². The first-order chi connectivity index (χ1) is 17.9. The number of ether oxygens (including phenoxy) is 1. The largest absolute Gasteiger partial charge is 0.507 e. The van der Waals surface area contributed by atoms with E-state index in [4.69, 9.17) is 4.74 Å². The lowest BCUT2D eigenvalue weighted by Crippen LogP contribution is -2.30. The van der Waals surface area contributed by atoms with Crippen LogP contribution in [0.1, 0.15) is 49.6 Å². The summed E-state index contributed by atoms with van der Waals surface area (Å²) in [4.78, 5) is 33.1. The third-order valence-electron chi connectivity index (χ3n) is 6.64. The average molecular weight is 493 g/mol. The van der Waals surface area contributed by atoms with Crippen LogP contribution in [0.2, 0.25) is 0 Å². The Labute approximate surface area is 215 Å². The number of Topliss-reactive ketones (excluding diaryl/α,β-unsaturated/α-hetero) is 1. The number of hydrogen-bond acceptors (Lipinski definition) is 5. The van der Waals surface area contributed by atoms with E-state index in [0.29, 0.717) is 23.6 Å². The molecule has 0 radical (unpaired) electrons. The van der Waals surface area contributed by atoms with Crippen molar-refractivity contribution in [3.05, 3.63) is 107 Å². The van der Waals surface area contributed by atoms with Gasteiger partial charge in [-0.1, -0.05) is 56.3 Å². The fourth-order valence-electron chi connectivity index (χ4n) is 4.91. The second kappa shape index (κ2) is 9.90. The number of anilines is 1. The first kappa shape index (κ1) is 24.3. The van der Waals surface area contributed by atoms with E-state index in [1.54, 1.807) is 36.5 Å². The van der Waals surface area contributed by atoms with Crippen molar-refractivity contribution in [2.45, 2.75) is 32.7 Å². The van der Waals surface area contributed by atoms with Crippen LogP contribution < -0.4 is 9.64 Å². The summed E-state index contributed by atoms with van der Waals surface area (Å²) >= 11 is 0. The molecule has 1 unspecified atom stereocenters. The first-order valence-corrected chi connectivity index (χ1v) is 12.4. The number of nitrogens with zero attached hydrogens (tertiary/aromatic N) is 2. The van der Waals surface area contributed by atoms with Gasteiger partial charge in [0.15, 0.2) is 0 Å². The molecule has 0 bridgehead atoms. The molecule has 5 rings (SSSR count). The van der Waals surface area contributed by atoms with Crippen LogP contribution in [0.25, 0.3) is 16.5 Å². The Morgan fingerprint density at radius 1 is 1.00 bits per heavy atom. The highest BCUT2D eigenvalue weighted by atomic mass is 16.5. The summed E-state index contributed by atoms with van der Waals surface area (Å²) in [6, 6.07) is 23.1. The maximum atomic E-state index is 13.6. The van der Waals surface area contributed by atoms with Crippen molar-refractivity contribution in [2.75, 3.05) is 11.5 Å². The second-order valence-electron chi connectivity index (χ2n) is 9.26. The van der Waals surface area contributed by atoms with E-state index >= 15 is 0 Å². The van der Waals surface area contributed by atoms with Crippen LogP contribution in [-0.2, 0) is 9.59 Å². The van der Waals surface area contributed by atoms with E-state index in [9.17, 15) is 14.7 Å².